The van der Waals surface area contributed by atoms with Crippen molar-refractivity contribution in [2.24, 2.45) is 11.8 Å². The van der Waals surface area contributed by atoms with Gasteiger partial charge in [0, 0.05) is 18.8 Å². The van der Waals surface area contributed by atoms with Crippen LogP contribution in [0.5, 0.6) is 0 Å². The number of nitrogens with one attached hydrogen (secondary N) is 1. The fourth-order valence-electron chi connectivity index (χ4n) is 4.33. The molecule has 2 atom stereocenters. The van der Waals surface area contributed by atoms with Gasteiger partial charge in [0.05, 0.1) is 11.8 Å². The van der Waals surface area contributed by atoms with Gasteiger partial charge in [-0.2, -0.15) is 0 Å². The molecule has 4 rings (SSSR count). The topological polar surface area (TPSA) is 49.4 Å². The number of para-hydroxylation sites is 1. The van der Waals surface area contributed by atoms with Crippen molar-refractivity contribution in [1.82, 2.24) is 5.32 Å². The quantitative estimate of drug-likeness (QED) is 0.823. The van der Waals surface area contributed by atoms with Crippen molar-refractivity contribution in [3.05, 3.63) is 41.5 Å². The first-order chi connectivity index (χ1) is 12.7. The molecular weight excluding hydrogens is 324 g/mol. The summed E-state index contributed by atoms with van der Waals surface area (Å²) in [6.07, 6.45) is 10.9. The Balaban J connectivity index is 1.29. The Bertz CT molecular complexity index is 725. The number of rotatable bonds is 5. The van der Waals surface area contributed by atoms with Crippen LogP contribution in [-0.2, 0) is 16.0 Å². The second kappa shape index (κ2) is 7.65. The van der Waals surface area contributed by atoms with Crippen molar-refractivity contribution < 1.29 is 9.59 Å². The van der Waals surface area contributed by atoms with Crippen LogP contribution in [0.4, 0.5) is 5.69 Å². The van der Waals surface area contributed by atoms with Crippen molar-refractivity contribution in [2.45, 2.75) is 51.4 Å². The molecule has 0 bridgehead atoms. The molecule has 0 aromatic heterocycles. The largest absolute Gasteiger partial charge is 0.356 e. The van der Waals surface area contributed by atoms with E-state index in [2.05, 4.69) is 17.5 Å². The predicted octanol–water partition coefficient (Wildman–Crippen LogP) is 3.61. The van der Waals surface area contributed by atoms with Crippen molar-refractivity contribution in [3.63, 3.8) is 0 Å². The van der Waals surface area contributed by atoms with E-state index in [0.717, 1.165) is 31.5 Å². The van der Waals surface area contributed by atoms with Crippen LogP contribution >= 0.6 is 0 Å². The maximum Gasteiger partial charge on any atom is 0.230 e. The summed E-state index contributed by atoms with van der Waals surface area (Å²) in [7, 11) is 0. The van der Waals surface area contributed by atoms with Crippen molar-refractivity contribution in [3.8, 4) is 0 Å². The molecule has 1 aromatic carbocycles. The molecule has 1 fully saturated rings. The minimum atomic E-state index is -0.130. The van der Waals surface area contributed by atoms with E-state index in [1.807, 2.05) is 23.1 Å². The van der Waals surface area contributed by atoms with Crippen LogP contribution in [-0.4, -0.2) is 24.9 Å². The second-order valence-corrected chi connectivity index (χ2v) is 7.82. The number of aryl methyl sites for hydroxylation is 1. The summed E-state index contributed by atoms with van der Waals surface area (Å²) in [6.45, 7) is 1.48. The number of nitrogens with zero attached hydrogens (tertiary/aromatic N) is 1. The minimum Gasteiger partial charge on any atom is -0.356 e. The minimum absolute atomic E-state index is 0.0602. The van der Waals surface area contributed by atoms with Gasteiger partial charge < -0.3 is 10.2 Å². The number of hydrogen-bond donors (Lipinski definition) is 1. The second-order valence-electron chi connectivity index (χ2n) is 7.82. The van der Waals surface area contributed by atoms with Crippen molar-refractivity contribution in [2.75, 3.05) is 18.0 Å². The molecule has 3 aliphatic rings. The summed E-state index contributed by atoms with van der Waals surface area (Å²) in [5.41, 5.74) is 3.76. The SMILES string of the molecule is O=C(NCCC1=CCCCC1)C1CC1C(=O)N1CCCc2ccccc21. The zero-order valence-corrected chi connectivity index (χ0v) is 15.4. The van der Waals surface area contributed by atoms with Crippen LogP contribution in [0.2, 0.25) is 0 Å². The average molecular weight is 352 g/mol. The highest BCUT2D eigenvalue weighted by molar-refractivity contribution is 6.01. The molecule has 2 unspecified atom stereocenters. The van der Waals surface area contributed by atoms with E-state index >= 15 is 0 Å². The van der Waals surface area contributed by atoms with Gasteiger partial charge in [0.25, 0.3) is 0 Å². The number of benzene rings is 1. The van der Waals surface area contributed by atoms with Crippen LogP contribution in [0.15, 0.2) is 35.9 Å². The van der Waals surface area contributed by atoms with Crippen molar-refractivity contribution in [1.29, 1.82) is 0 Å². The Morgan fingerprint density at radius 2 is 1.96 bits per heavy atom. The molecule has 2 amide bonds. The molecular formula is C22H28N2O2. The zero-order valence-electron chi connectivity index (χ0n) is 15.4. The number of hydrogen-bond acceptors (Lipinski definition) is 2. The fourth-order valence-corrected chi connectivity index (χ4v) is 4.33. The van der Waals surface area contributed by atoms with Gasteiger partial charge in [-0.25, -0.2) is 0 Å². The number of amides is 2. The first-order valence-electron chi connectivity index (χ1n) is 10.1. The van der Waals surface area contributed by atoms with E-state index < -0.39 is 0 Å². The van der Waals surface area contributed by atoms with Gasteiger partial charge in [0.1, 0.15) is 0 Å². The highest BCUT2D eigenvalue weighted by Crippen LogP contribution is 2.42. The Morgan fingerprint density at radius 1 is 1.08 bits per heavy atom. The van der Waals surface area contributed by atoms with Gasteiger partial charge >= 0.3 is 0 Å². The zero-order chi connectivity index (χ0) is 17.9. The van der Waals surface area contributed by atoms with Gasteiger partial charge in [-0.05, 0) is 63.0 Å². The maximum atomic E-state index is 12.9. The van der Waals surface area contributed by atoms with Crippen LogP contribution in [0, 0.1) is 11.8 Å². The predicted molar refractivity (Wildman–Crippen MR) is 103 cm³/mol. The summed E-state index contributed by atoms with van der Waals surface area (Å²) < 4.78 is 0. The maximum absolute atomic E-state index is 12.9. The highest BCUT2D eigenvalue weighted by Gasteiger charge is 2.49. The van der Waals surface area contributed by atoms with Crippen LogP contribution < -0.4 is 10.2 Å². The van der Waals surface area contributed by atoms with E-state index in [4.69, 9.17) is 0 Å². The molecule has 1 aromatic rings. The smallest absolute Gasteiger partial charge is 0.230 e. The summed E-state index contributed by atoms with van der Waals surface area (Å²) in [4.78, 5) is 27.2. The van der Waals surface area contributed by atoms with Gasteiger partial charge in [-0.3, -0.25) is 9.59 Å². The normalized spacial score (nSPS) is 24.5. The van der Waals surface area contributed by atoms with Crippen LogP contribution in [0.1, 0.15) is 50.5 Å². The Kier molecular flexibility index (Phi) is 5.09. The van der Waals surface area contributed by atoms with E-state index in [1.165, 1.54) is 36.8 Å². The summed E-state index contributed by atoms with van der Waals surface area (Å²) >= 11 is 0. The van der Waals surface area contributed by atoms with Gasteiger partial charge in [0.2, 0.25) is 11.8 Å². The third-order valence-corrected chi connectivity index (χ3v) is 5.95. The summed E-state index contributed by atoms with van der Waals surface area (Å²) in [5.74, 6) is -0.0654. The van der Waals surface area contributed by atoms with E-state index in [9.17, 15) is 9.59 Å². The van der Waals surface area contributed by atoms with Gasteiger partial charge in [-0.1, -0.05) is 29.8 Å². The third kappa shape index (κ3) is 3.69. The van der Waals surface area contributed by atoms with E-state index in [-0.39, 0.29) is 23.7 Å². The first-order valence-corrected chi connectivity index (χ1v) is 10.1. The Morgan fingerprint density at radius 3 is 2.81 bits per heavy atom. The molecule has 1 aliphatic heterocycles. The lowest BCUT2D eigenvalue weighted by Crippen LogP contribution is -2.38. The number of fused-ring (bicyclic) bond motifs is 1. The van der Waals surface area contributed by atoms with Crippen LogP contribution in [0.25, 0.3) is 0 Å². The number of anilines is 1. The lowest BCUT2D eigenvalue weighted by atomic mass is 9.97. The van der Waals surface area contributed by atoms with Gasteiger partial charge in [0.15, 0.2) is 0 Å². The third-order valence-electron chi connectivity index (χ3n) is 5.95. The summed E-state index contributed by atoms with van der Waals surface area (Å²) in [5, 5.41) is 3.05. The number of carbonyl (C=O) groups is 2. The monoisotopic (exact) mass is 352 g/mol. The lowest BCUT2D eigenvalue weighted by molar-refractivity contribution is -0.126. The Hall–Kier alpha value is -2.10. The van der Waals surface area contributed by atoms with Crippen LogP contribution in [0.3, 0.4) is 0 Å². The van der Waals surface area contributed by atoms with E-state index in [0.29, 0.717) is 13.0 Å². The molecule has 26 heavy (non-hydrogen) atoms. The molecule has 1 heterocycles. The molecule has 1 saturated carbocycles. The number of carbonyl (C=O) groups excluding carboxylic acids is 2. The lowest BCUT2D eigenvalue weighted by Gasteiger charge is -2.29. The standard InChI is InChI=1S/C22H28N2O2/c25-21(23-13-12-16-7-2-1-3-8-16)18-15-19(18)22(26)24-14-6-10-17-9-4-5-11-20(17)24/h4-5,7,9,11,18-19H,1-3,6,8,10,12-15H2,(H,23,25). The van der Waals surface area contributed by atoms with Crippen molar-refractivity contribution >= 4 is 17.5 Å². The highest BCUT2D eigenvalue weighted by atomic mass is 16.2. The average Bonchev–Trinajstić information content (AvgIpc) is 3.49. The first kappa shape index (κ1) is 17.3. The summed E-state index contributed by atoms with van der Waals surface area (Å²) in [6, 6.07) is 8.15. The Labute approximate surface area is 155 Å². The molecule has 4 nitrogen and oxygen atoms in total. The molecule has 4 heteroatoms. The fraction of sp³-hybridized carbons (Fsp3) is 0.545. The molecule has 138 valence electrons. The number of allylic oxidation sites excluding steroid dienone is 1. The molecule has 0 spiro atoms. The molecule has 2 aliphatic carbocycles. The van der Waals surface area contributed by atoms with E-state index in [1.54, 1.807) is 0 Å². The van der Waals surface area contributed by atoms with Gasteiger partial charge in [-0.15, -0.1) is 0 Å². The molecule has 1 N–H and O–H groups in total. The molecule has 0 radical (unpaired) electrons. The molecule has 0 saturated heterocycles.